The number of nitrogens with zero attached hydrogens (tertiary/aromatic N) is 1. The number of halogens is 2. The Morgan fingerprint density at radius 1 is 1.24 bits per heavy atom. The Morgan fingerprint density at radius 2 is 1.76 bits per heavy atom. The number of carbonyl (C=O) groups excluding carboxylic acids is 1. The molecule has 0 aromatic heterocycles. The lowest BCUT2D eigenvalue weighted by molar-refractivity contribution is 0.101. The topological polar surface area (TPSA) is 29.5 Å². The minimum Gasteiger partial charge on any atom is -0.378 e. The third-order valence-electron chi connectivity index (χ3n) is 2.76. The van der Waals surface area contributed by atoms with Crippen molar-refractivity contribution < 1.29 is 9.53 Å². The van der Waals surface area contributed by atoms with Crippen LogP contribution in [0.5, 0.6) is 0 Å². The van der Waals surface area contributed by atoms with E-state index in [1.165, 1.54) is 6.92 Å². The molecule has 1 saturated heterocycles. The summed E-state index contributed by atoms with van der Waals surface area (Å²) in [7, 11) is 0. The zero-order chi connectivity index (χ0) is 12.4. The molecule has 1 aliphatic rings. The fourth-order valence-corrected chi connectivity index (χ4v) is 2.64. The first kappa shape index (κ1) is 12.7. The van der Waals surface area contributed by atoms with Crippen molar-refractivity contribution in [1.29, 1.82) is 0 Å². The Morgan fingerprint density at radius 3 is 2.24 bits per heavy atom. The molecule has 1 aromatic carbocycles. The summed E-state index contributed by atoms with van der Waals surface area (Å²) in [4.78, 5) is 13.5. The Bertz CT molecular complexity index is 419. The van der Waals surface area contributed by atoms with Gasteiger partial charge in [-0.1, -0.05) is 23.2 Å². The molecule has 3 nitrogen and oxygen atoms in total. The van der Waals surface area contributed by atoms with Crippen molar-refractivity contribution in [3.8, 4) is 0 Å². The number of Topliss-reactive ketones (excluding diaryl/α,β-unsaturated/α-hetero) is 1. The predicted molar refractivity (Wildman–Crippen MR) is 69.5 cm³/mol. The molecule has 1 aliphatic heterocycles. The van der Waals surface area contributed by atoms with Crippen LogP contribution in [0.25, 0.3) is 0 Å². The van der Waals surface area contributed by atoms with E-state index in [-0.39, 0.29) is 5.78 Å². The molecule has 0 aliphatic carbocycles. The molecule has 0 amide bonds. The van der Waals surface area contributed by atoms with Crippen LogP contribution in [0, 0.1) is 0 Å². The number of rotatable bonds is 2. The number of ether oxygens (including phenoxy) is 1. The van der Waals surface area contributed by atoms with E-state index >= 15 is 0 Å². The van der Waals surface area contributed by atoms with Gasteiger partial charge in [-0.05, 0) is 19.1 Å². The maximum Gasteiger partial charge on any atom is 0.162 e. The maximum absolute atomic E-state index is 11.4. The molecule has 0 saturated carbocycles. The van der Waals surface area contributed by atoms with Crippen molar-refractivity contribution in [1.82, 2.24) is 0 Å². The van der Waals surface area contributed by atoms with Gasteiger partial charge in [-0.2, -0.15) is 0 Å². The van der Waals surface area contributed by atoms with E-state index in [1.807, 2.05) is 0 Å². The van der Waals surface area contributed by atoms with E-state index in [1.54, 1.807) is 12.1 Å². The Hall–Kier alpha value is -0.770. The lowest BCUT2D eigenvalue weighted by Crippen LogP contribution is -2.36. The van der Waals surface area contributed by atoms with Crippen LogP contribution in [0.1, 0.15) is 17.3 Å². The minimum absolute atomic E-state index is 0.117. The van der Waals surface area contributed by atoms with Crippen LogP contribution in [0.15, 0.2) is 12.1 Å². The van der Waals surface area contributed by atoms with Crippen molar-refractivity contribution in [2.45, 2.75) is 6.92 Å². The number of benzene rings is 1. The normalized spacial score (nSPS) is 16.1. The summed E-state index contributed by atoms with van der Waals surface area (Å²) in [6.45, 7) is 4.48. The van der Waals surface area contributed by atoms with E-state index in [2.05, 4.69) is 4.90 Å². The molecule has 0 N–H and O–H groups in total. The maximum atomic E-state index is 11.4. The molecule has 92 valence electrons. The molecule has 0 radical (unpaired) electrons. The van der Waals surface area contributed by atoms with E-state index in [0.29, 0.717) is 28.8 Å². The molecule has 1 fully saturated rings. The standard InChI is InChI=1S/C12H13Cl2NO2/c1-8(16)12-10(13)6-9(7-11(12)14)15-2-4-17-5-3-15/h6-7H,2-5H2,1H3. The van der Waals surface area contributed by atoms with E-state index < -0.39 is 0 Å². The van der Waals surface area contributed by atoms with E-state index in [4.69, 9.17) is 27.9 Å². The lowest BCUT2D eigenvalue weighted by atomic mass is 10.1. The first-order valence-electron chi connectivity index (χ1n) is 5.42. The fourth-order valence-electron chi connectivity index (χ4n) is 1.90. The fraction of sp³-hybridized carbons (Fsp3) is 0.417. The molecule has 1 heterocycles. The van der Waals surface area contributed by atoms with Crippen LogP contribution in [-0.2, 0) is 4.74 Å². The molecule has 0 unspecified atom stereocenters. The molecule has 1 aromatic rings. The first-order valence-corrected chi connectivity index (χ1v) is 6.18. The van der Waals surface area contributed by atoms with Gasteiger partial charge in [0, 0.05) is 18.8 Å². The average Bonchev–Trinajstić information content (AvgIpc) is 2.28. The van der Waals surface area contributed by atoms with Crippen LogP contribution in [-0.4, -0.2) is 32.1 Å². The molecular formula is C12H13Cl2NO2. The second kappa shape index (κ2) is 5.25. The van der Waals surface area contributed by atoms with Crippen LogP contribution < -0.4 is 4.90 Å². The minimum atomic E-state index is -0.117. The van der Waals surface area contributed by atoms with Gasteiger partial charge in [-0.3, -0.25) is 4.79 Å². The third-order valence-corrected chi connectivity index (χ3v) is 3.35. The summed E-state index contributed by atoms with van der Waals surface area (Å²) in [6, 6.07) is 3.57. The molecular weight excluding hydrogens is 261 g/mol. The first-order chi connectivity index (χ1) is 8.09. The van der Waals surface area contributed by atoms with Gasteiger partial charge in [0.25, 0.3) is 0 Å². The summed E-state index contributed by atoms with van der Waals surface area (Å²) in [5.74, 6) is -0.117. The quantitative estimate of drug-likeness (QED) is 0.776. The van der Waals surface area contributed by atoms with Crippen LogP contribution >= 0.6 is 23.2 Å². The monoisotopic (exact) mass is 273 g/mol. The summed E-state index contributed by atoms with van der Waals surface area (Å²) in [5.41, 5.74) is 1.33. The molecule has 0 bridgehead atoms. The van der Waals surface area contributed by atoms with Crippen molar-refractivity contribution in [3.63, 3.8) is 0 Å². The number of hydrogen-bond acceptors (Lipinski definition) is 3. The zero-order valence-corrected chi connectivity index (χ0v) is 11.0. The highest BCUT2D eigenvalue weighted by atomic mass is 35.5. The Balaban J connectivity index is 2.34. The third kappa shape index (κ3) is 2.73. The number of ketones is 1. The summed E-state index contributed by atoms with van der Waals surface area (Å²) < 4.78 is 5.28. The van der Waals surface area contributed by atoms with Gasteiger partial charge in [0.05, 0.1) is 28.8 Å². The highest BCUT2D eigenvalue weighted by Crippen LogP contribution is 2.31. The smallest absolute Gasteiger partial charge is 0.162 e. The lowest BCUT2D eigenvalue weighted by Gasteiger charge is -2.29. The second-order valence-electron chi connectivity index (χ2n) is 3.94. The van der Waals surface area contributed by atoms with E-state index in [9.17, 15) is 4.79 Å². The SMILES string of the molecule is CC(=O)c1c(Cl)cc(N2CCOCC2)cc1Cl. The average molecular weight is 274 g/mol. The van der Waals surface area contributed by atoms with Gasteiger partial charge in [0.1, 0.15) is 0 Å². The Labute approximate surface area is 110 Å². The summed E-state index contributed by atoms with van der Waals surface area (Å²) >= 11 is 12.2. The van der Waals surface area contributed by atoms with Crippen molar-refractivity contribution >= 4 is 34.7 Å². The second-order valence-corrected chi connectivity index (χ2v) is 4.75. The van der Waals surface area contributed by atoms with Crippen molar-refractivity contribution in [2.75, 3.05) is 31.2 Å². The van der Waals surface area contributed by atoms with Gasteiger partial charge in [0.2, 0.25) is 0 Å². The molecule has 0 atom stereocenters. The van der Waals surface area contributed by atoms with Gasteiger partial charge < -0.3 is 9.64 Å². The summed E-state index contributed by atoms with van der Waals surface area (Å²) in [6.07, 6.45) is 0. The van der Waals surface area contributed by atoms with Crippen LogP contribution in [0.4, 0.5) is 5.69 Å². The van der Waals surface area contributed by atoms with Crippen LogP contribution in [0.2, 0.25) is 10.0 Å². The van der Waals surface area contributed by atoms with Gasteiger partial charge in [-0.25, -0.2) is 0 Å². The molecule has 2 rings (SSSR count). The highest BCUT2D eigenvalue weighted by Gasteiger charge is 2.17. The molecule has 17 heavy (non-hydrogen) atoms. The Kier molecular flexibility index (Phi) is 3.92. The van der Waals surface area contributed by atoms with Gasteiger partial charge >= 0.3 is 0 Å². The zero-order valence-electron chi connectivity index (χ0n) is 9.50. The van der Waals surface area contributed by atoms with E-state index in [0.717, 1.165) is 18.8 Å². The van der Waals surface area contributed by atoms with Gasteiger partial charge in [0.15, 0.2) is 5.78 Å². The van der Waals surface area contributed by atoms with Crippen LogP contribution in [0.3, 0.4) is 0 Å². The molecule has 5 heteroatoms. The highest BCUT2D eigenvalue weighted by molar-refractivity contribution is 6.40. The van der Waals surface area contributed by atoms with Crippen molar-refractivity contribution in [2.24, 2.45) is 0 Å². The largest absolute Gasteiger partial charge is 0.378 e. The number of carbonyl (C=O) groups is 1. The predicted octanol–water partition coefficient (Wildman–Crippen LogP) is 3.03. The van der Waals surface area contributed by atoms with Gasteiger partial charge in [-0.15, -0.1) is 0 Å². The summed E-state index contributed by atoms with van der Waals surface area (Å²) in [5, 5.41) is 0.818. The number of anilines is 1. The number of hydrogen-bond donors (Lipinski definition) is 0. The molecule has 0 spiro atoms. The van der Waals surface area contributed by atoms with Crippen molar-refractivity contribution in [3.05, 3.63) is 27.7 Å². The number of morpholine rings is 1.